The number of ether oxygens (including phenoxy) is 1. The number of likely N-dealkylation sites (N-methyl/N-ethyl adjacent to an activating group) is 1. The Balaban J connectivity index is 1.68. The summed E-state index contributed by atoms with van der Waals surface area (Å²) in [7, 11) is 0. The minimum atomic E-state index is 0.321. The monoisotopic (exact) mass is 441 g/mol. The largest absolute Gasteiger partial charge is 0.492 e. The van der Waals surface area contributed by atoms with Crippen molar-refractivity contribution in [3.05, 3.63) is 49.7 Å². The average Bonchev–Trinajstić information content (AvgIpc) is 3.07. The third-order valence-corrected chi connectivity index (χ3v) is 7.88. The third kappa shape index (κ3) is 5.78. The summed E-state index contributed by atoms with van der Waals surface area (Å²) in [5.74, 6) is 1.30. The molecule has 1 aromatic heterocycles. The van der Waals surface area contributed by atoms with Crippen LogP contribution in [-0.2, 0) is 25.7 Å². The van der Waals surface area contributed by atoms with E-state index in [0.717, 1.165) is 60.5 Å². The Hall–Kier alpha value is -1.65. The maximum absolute atomic E-state index is 13.2. The van der Waals surface area contributed by atoms with Gasteiger partial charge in [-0.1, -0.05) is 39.8 Å². The van der Waals surface area contributed by atoms with Crippen LogP contribution in [0.25, 0.3) is 0 Å². The number of hydrogen-bond donors (Lipinski definition) is 1. The fourth-order valence-electron chi connectivity index (χ4n) is 4.75. The smallest absolute Gasteiger partial charge is 0.173 e. The van der Waals surface area contributed by atoms with Gasteiger partial charge in [-0.2, -0.15) is 0 Å². The van der Waals surface area contributed by atoms with E-state index in [4.69, 9.17) is 4.74 Å². The summed E-state index contributed by atoms with van der Waals surface area (Å²) in [6.07, 6.45) is 5.74. The molecular weight excluding hydrogens is 402 g/mol. The van der Waals surface area contributed by atoms with Gasteiger partial charge in [-0.25, -0.2) is 0 Å². The van der Waals surface area contributed by atoms with E-state index in [9.17, 15) is 4.79 Å². The van der Waals surface area contributed by atoms with Gasteiger partial charge in [-0.15, -0.1) is 11.3 Å². The molecular formula is C27H39NO2S. The van der Waals surface area contributed by atoms with Crippen LogP contribution in [-0.4, -0.2) is 25.5 Å². The molecule has 0 amide bonds. The molecule has 31 heavy (non-hydrogen) atoms. The highest BCUT2D eigenvalue weighted by molar-refractivity contribution is 7.14. The lowest BCUT2D eigenvalue weighted by Crippen LogP contribution is -2.22. The van der Waals surface area contributed by atoms with Crippen molar-refractivity contribution < 1.29 is 9.53 Å². The number of aryl methyl sites for hydroxylation is 4. The summed E-state index contributed by atoms with van der Waals surface area (Å²) in [6, 6.07) is 4.37. The van der Waals surface area contributed by atoms with Crippen LogP contribution >= 0.6 is 11.3 Å². The Labute approximate surface area is 192 Å². The zero-order valence-electron chi connectivity index (χ0n) is 20.2. The fraction of sp³-hybridized carbons (Fsp3) is 0.593. The van der Waals surface area contributed by atoms with Crippen LogP contribution in [0.4, 0.5) is 0 Å². The topological polar surface area (TPSA) is 38.3 Å². The molecule has 0 saturated carbocycles. The summed E-state index contributed by atoms with van der Waals surface area (Å²) in [4.78, 5) is 15.7. The standard InChI is InChI=1S/C27H39NO2S/c1-7-24-22-17-27(5,6)12-11-21(22)26(31-24)23(29)10-9-20-15-18(3)25(19(4)16-20)30-14-13-28-8-2/h15-16,28H,7-14,17H2,1-6H3. The van der Waals surface area contributed by atoms with E-state index in [1.807, 2.05) is 0 Å². The van der Waals surface area contributed by atoms with Gasteiger partial charge in [-0.05, 0) is 85.7 Å². The minimum Gasteiger partial charge on any atom is -0.492 e. The van der Waals surface area contributed by atoms with Gasteiger partial charge in [0.2, 0.25) is 0 Å². The quantitative estimate of drug-likeness (QED) is 0.350. The van der Waals surface area contributed by atoms with Crippen molar-refractivity contribution in [2.75, 3.05) is 19.7 Å². The number of benzene rings is 1. The van der Waals surface area contributed by atoms with Crippen molar-refractivity contribution in [3.8, 4) is 5.75 Å². The highest BCUT2D eigenvalue weighted by atomic mass is 32.1. The predicted octanol–water partition coefficient (Wildman–Crippen LogP) is 6.25. The molecule has 0 aliphatic heterocycles. The van der Waals surface area contributed by atoms with E-state index >= 15 is 0 Å². The average molecular weight is 442 g/mol. The van der Waals surface area contributed by atoms with Gasteiger partial charge in [-0.3, -0.25) is 4.79 Å². The van der Waals surface area contributed by atoms with E-state index < -0.39 is 0 Å². The first-order valence-electron chi connectivity index (χ1n) is 11.9. The molecule has 1 aliphatic rings. The molecule has 1 aromatic carbocycles. The van der Waals surface area contributed by atoms with Crippen LogP contribution in [0.1, 0.15) is 82.9 Å². The highest BCUT2D eigenvalue weighted by Gasteiger charge is 2.31. The van der Waals surface area contributed by atoms with E-state index in [2.05, 4.69) is 59.0 Å². The maximum atomic E-state index is 13.2. The molecule has 0 spiro atoms. The van der Waals surface area contributed by atoms with E-state index in [0.29, 0.717) is 24.2 Å². The van der Waals surface area contributed by atoms with Crippen LogP contribution < -0.4 is 10.1 Å². The molecule has 4 heteroatoms. The lowest BCUT2D eigenvalue weighted by molar-refractivity contribution is 0.0985. The van der Waals surface area contributed by atoms with Crippen molar-refractivity contribution >= 4 is 17.1 Å². The zero-order chi connectivity index (χ0) is 22.6. The first kappa shape index (κ1) is 24.0. The van der Waals surface area contributed by atoms with Gasteiger partial charge in [0.15, 0.2) is 5.78 Å². The molecule has 0 radical (unpaired) electrons. The van der Waals surface area contributed by atoms with Crippen molar-refractivity contribution in [2.45, 2.75) is 80.1 Å². The van der Waals surface area contributed by atoms with Gasteiger partial charge in [0.25, 0.3) is 0 Å². The predicted molar refractivity (Wildman–Crippen MR) is 132 cm³/mol. The van der Waals surface area contributed by atoms with Crippen LogP contribution in [0.5, 0.6) is 5.75 Å². The minimum absolute atomic E-state index is 0.321. The van der Waals surface area contributed by atoms with Crippen LogP contribution in [0.2, 0.25) is 0 Å². The summed E-state index contributed by atoms with van der Waals surface area (Å²) >= 11 is 1.77. The summed E-state index contributed by atoms with van der Waals surface area (Å²) in [5, 5.41) is 3.29. The second-order valence-corrected chi connectivity index (χ2v) is 10.8. The number of carbonyl (C=O) groups is 1. The van der Waals surface area contributed by atoms with Crippen LogP contribution in [0.3, 0.4) is 0 Å². The number of thiophene rings is 1. The molecule has 170 valence electrons. The summed E-state index contributed by atoms with van der Waals surface area (Å²) in [5.41, 5.74) is 6.74. The van der Waals surface area contributed by atoms with Crippen molar-refractivity contribution in [2.24, 2.45) is 5.41 Å². The zero-order valence-corrected chi connectivity index (χ0v) is 21.1. The van der Waals surface area contributed by atoms with Gasteiger partial charge in [0.05, 0.1) is 4.88 Å². The lowest BCUT2D eigenvalue weighted by Gasteiger charge is -2.30. The summed E-state index contributed by atoms with van der Waals surface area (Å²) < 4.78 is 5.99. The molecule has 3 nitrogen and oxygen atoms in total. The number of ketones is 1. The van der Waals surface area contributed by atoms with Gasteiger partial charge >= 0.3 is 0 Å². The molecule has 0 bridgehead atoms. The first-order chi connectivity index (χ1) is 14.8. The second-order valence-electron chi connectivity index (χ2n) is 9.69. The molecule has 1 N–H and O–H groups in total. The molecule has 0 fully saturated rings. The molecule has 0 saturated heterocycles. The van der Waals surface area contributed by atoms with E-state index in [1.54, 1.807) is 11.3 Å². The number of nitrogens with one attached hydrogen (secondary N) is 1. The number of fused-ring (bicyclic) bond motifs is 1. The SMILES string of the molecule is CCNCCOc1c(C)cc(CCC(=O)c2sc(CC)c3c2CCC(C)(C)C3)cc1C. The van der Waals surface area contributed by atoms with Crippen LogP contribution in [0, 0.1) is 19.3 Å². The molecule has 0 unspecified atom stereocenters. The van der Waals surface area contributed by atoms with Crippen LogP contribution in [0.15, 0.2) is 12.1 Å². The Morgan fingerprint density at radius 3 is 2.52 bits per heavy atom. The van der Waals surface area contributed by atoms with Crippen molar-refractivity contribution in [3.63, 3.8) is 0 Å². The summed E-state index contributed by atoms with van der Waals surface area (Å²) in [6.45, 7) is 15.7. The van der Waals surface area contributed by atoms with Crippen molar-refractivity contribution in [1.82, 2.24) is 5.32 Å². The fourth-order valence-corrected chi connectivity index (χ4v) is 6.02. The van der Waals surface area contributed by atoms with Gasteiger partial charge < -0.3 is 10.1 Å². The number of carbonyl (C=O) groups excluding carboxylic acids is 1. The van der Waals surface area contributed by atoms with Gasteiger partial charge in [0, 0.05) is 17.8 Å². The first-order valence-corrected chi connectivity index (χ1v) is 12.7. The van der Waals surface area contributed by atoms with E-state index in [-0.39, 0.29) is 0 Å². The molecule has 1 aliphatic carbocycles. The normalized spacial score (nSPS) is 15.0. The highest BCUT2D eigenvalue weighted by Crippen LogP contribution is 2.42. The number of Topliss-reactive ketones (excluding diaryl/α,β-unsaturated/α-hetero) is 1. The second kappa shape index (κ2) is 10.3. The Morgan fingerprint density at radius 1 is 1.16 bits per heavy atom. The van der Waals surface area contributed by atoms with Gasteiger partial charge in [0.1, 0.15) is 12.4 Å². The Kier molecular flexibility index (Phi) is 7.98. The molecule has 1 heterocycles. The number of hydrogen-bond acceptors (Lipinski definition) is 4. The third-order valence-electron chi connectivity index (χ3n) is 6.42. The molecule has 3 rings (SSSR count). The Bertz CT molecular complexity index is 903. The van der Waals surface area contributed by atoms with Crippen molar-refractivity contribution in [1.29, 1.82) is 0 Å². The maximum Gasteiger partial charge on any atom is 0.173 e. The molecule has 0 atom stereocenters. The Morgan fingerprint density at radius 2 is 1.87 bits per heavy atom. The number of rotatable bonds is 10. The van der Waals surface area contributed by atoms with E-state index in [1.165, 1.54) is 28.0 Å². The molecule has 2 aromatic rings. The lowest BCUT2D eigenvalue weighted by atomic mass is 9.74.